The van der Waals surface area contributed by atoms with E-state index in [4.69, 9.17) is 4.74 Å². The van der Waals surface area contributed by atoms with Crippen LogP contribution in [0, 0.1) is 5.82 Å². The minimum absolute atomic E-state index is 0.145. The number of amides is 1. The number of hydrogen-bond donors (Lipinski definition) is 2. The Bertz CT molecular complexity index is 974. The molecule has 0 spiro atoms. The molecule has 2 aromatic carbocycles. The molecule has 0 saturated heterocycles. The van der Waals surface area contributed by atoms with Gasteiger partial charge in [-0.25, -0.2) is 19.2 Å². The predicted molar refractivity (Wildman–Crippen MR) is 106 cm³/mol. The lowest BCUT2D eigenvalue weighted by atomic mass is 10.2. The second-order valence-corrected chi connectivity index (χ2v) is 6.02. The minimum atomic E-state index is -0.425. The fourth-order valence-corrected chi connectivity index (χ4v) is 2.43. The average molecular weight is 394 g/mol. The average Bonchev–Trinajstić information content (AvgIpc) is 2.74. The van der Waals surface area contributed by atoms with Crippen molar-refractivity contribution in [2.75, 3.05) is 17.2 Å². The molecule has 0 saturated carbocycles. The molecule has 1 aromatic heterocycles. The summed E-state index contributed by atoms with van der Waals surface area (Å²) < 4.78 is 17.8. The Morgan fingerprint density at radius 3 is 2.34 bits per heavy atom. The first kappa shape index (κ1) is 19.9. The highest BCUT2D eigenvalue weighted by molar-refractivity contribution is 6.03. The molecule has 29 heavy (non-hydrogen) atoms. The van der Waals surface area contributed by atoms with Crippen LogP contribution in [0.5, 0.6) is 0 Å². The maximum atomic E-state index is 12.9. The fraction of sp³-hybridized carbons (Fsp3) is 0.143. The van der Waals surface area contributed by atoms with Gasteiger partial charge in [-0.05, 0) is 48.9 Å². The van der Waals surface area contributed by atoms with Gasteiger partial charge in [-0.2, -0.15) is 0 Å². The van der Waals surface area contributed by atoms with Crippen LogP contribution in [0.25, 0.3) is 0 Å². The first-order valence-corrected chi connectivity index (χ1v) is 8.94. The van der Waals surface area contributed by atoms with Crippen LogP contribution in [0.4, 0.5) is 15.9 Å². The van der Waals surface area contributed by atoms with E-state index in [1.807, 2.05) is 0 Å². The fourth-order valence-electron chi connectivity index (χ4n) is 2.43. The van der Waals surface area contributed by atoms with Gasteiger partial charge < -0.3 is 15.4 Å². The molecule has 0 radical (unpaired) electrons. The molecule has 0 aliphatic rings. The number of hydrogen-bond acceptors (Lipinski definition) is 6. The number of nitrogens with zero attached hydrogens (tertiary/aromatic N) is 2. The highest BCUT2D eigenvalue weighted by Crippen LogP contribution is 2.12. The zero-order valence-corrected chi connectivity index (χ0v) is 15.7. The van der Waals surface area contributed by atoms with Gasteiger partial charge in [0.25, 0.3) is 5.91 Å². The third-order valence-corrected chi connectivity index (χ3v) is 3.93. The van der Waals surface area contributed by atoms with Gasteiger partial charge in [-0.3, -0.25) is 4.79 Å². The van der Waals surface area contributed by atoms with E-state index < -0.39 is 11.9 Å². The van der Waals surface area contributed by atoms with Gasteiger partial charge in [0.2, 0.25) is 0 Å². The number of carbonyl (C=O) groups is 2. The molecule has 3 aromatic rings. The molecule has 3 rings (SSSR count). The second kappa shape index (κ2) is 9.41. The summed E-state index contributed by atoms with van der Waals surface area (Å²) in [5.41, 5.74) is 1.96. The monoisotopic (exact) mass is 394 g/mol. The Kier molecular flexibility index (Phi) is 6.47. The first-order chi connectivity index (χ1) is 14.0. The molecular weight excluding hydrogens is 375 g/mol. The zero-order valence-electron chi connectivity index (χ0n) is 15.7. The summed E-state index contributed by atoms with van der Waals surface area (Å²) >= 11 is 0. The van der Waals surface area contributed by atoms with E-state index in [0.29, 0.717) is 30.2 Å². The second-order valence-electron chi connectivity index (χ2n) is 6.02. The number of nitrogens with one attached hydrogen (secondary N) is 2. The molecule has 0 aliphatic heterocycles. The lowest BCUT2D eigenvalue weighted by molar-refractivity contribution is 0.0526. The van der Waals surface area contributed by atoms with Crippen LogP contribution in [0.1, 0.15) is 33.3 Å². The van der Waals surface area contributed by atoms with Crippen LogP contribution in [0.15, 0.2) is 60.9 Å². The summed E-state index contributed by atoms with van der Waals surface area (Å²) in [4.78, 5) is 32.2. The van der Waals surface area contributed by atoms with Gasteiger partial charge in [0.05, 0.1) is 24.6 Å². The molecule has 0 aliphatic carbocycles. The minimum Gasteiger partial charge on any atom is -0.462 e. The van der Waals surface area contributed by atoms with E-state index in [-0.39, 0.29) is 11.5 Å². The van der Waals surface area contributed by atoms with E-state index in [1.165, 1.54) is 24.5 Å². The van der Waals surface area contributed by atoms with Crippen molar-refractivity contribution in [3.05, 3.63) is 83.6 Å². The summed E-state index contributed by atoms with van der Waals surface area (Å²) in [5, 5.41) is 5.74. The summed E-state index contributed by atoms with van der Waals surface area (Å²) in [7, 11) is 0. The third kappa shape index (κ3) is 5.58. The molecule has 7 nitrogen and oxygen atoms in total. The van der Waals surface area contributed by atoms with Crippen LogP contribution in [-0.2, 0) is 11.3 Å². The summed E-state index contributed by atoms with van der Waals surface area (Å²) in [6.07, 6.45) is 2.80. The molecule has 0 bridgehead atoms. The normalized spacial score (nSPS) is 10.3. The van der Waals surface area contributed by atoms with Crippen molar-refractivity contribution < 1.29 is 18.7 Å². The molecular formula is C21H19FN4O3. The van der Waals surface area contributed by atoms with Crippen molar-refractivity contribution >= 4 is 23.4 Å². The highest BCUT2D eigenvalue weighted by Gasteiger charge is 2.10. The SMILES string of the molecule is CCOC(=O)c1ccc(NC(=O)c2cnc(NCc3ccc(F)cc3)cn2)cc1. The van der Waals surface area contributed by atoms with Gasteiger partial charge in [0.1, 0.15) is 17.3 Å². The molecule has 148 valence electrons. The highest BCUT2D eigenvalue weighted by atomic mass is 19.1. The standard InChI is InChI=1S/C21H19FN4O3/c1-2-29-21(28)15-5-9-17(10-6-15)26-20(27)18-12-25-19(13-23-18)24-11-14-3-7-16(22)8-4-14/h3-10,12-13H,2,11H2,1H3,(H,24,25)(H,26,27). The Hall–Kier alpha value is -3.81. The van der Waals surface area contributed by atoms with E-state index >= 15 is 0 Å². The number of halogens is 1. The molecule has 0 unspecified atom stereocenters. The third-order valence-electron chi connectivity index (χ3n) is 3.93. The topological polar surface area (TPSA) is 93.2 Å². The van der Waals surface area contributed by atoms with Crippen LogP contribution in [-0.4, -0.2) is 28.5 Å². The summed E-state index contributed by atoms with van der Waals surface area (Å²) in [5.74, 6) is -0.643. The number of aromatic nitrogens is 2. The number of anilines is 2. The number of carbonyl (C=O) groups excluding carboxylic acids is 2. The maximum absolute atomic E-state index is 12.9. The van der Waals surface area contributed by atoms with Crippen LogP contribution in [0.3, 0.4) is 0 Å². The Morgan fingerprint density at radius 1 is 1.00 bits per heavy atom. The van der Waals surface area contributed by atoms with Crippen molar-refractivity contribution in [1.82, 2.24) is 9.97 Å². The van der Waals surface area contributed by atoms with Crippen molar-refractivity contribution in [3.8, 4) is 0 Å². The van der Waals surface area contributed by atoms with E-state index in [2.05, 4.69) is 20.6 Å². The molecule has 1 heterocycles. The molecule has 0 atom stereocenters. The zero-order chi connectivity index (χ0) is 20.6. The van der Waals surface area contributed by atoms with Crippen LogP contribution < -0.4 is 10.6 Å². The first-order valence-electron chi connectivity index (χ1n) is 8.94. The molecule has 2 N–H and O–H groups in total. The smallest absolute Gasteiger partial charge is 0.338 e. The van der Waals surface area contributed by atoms with Crippen LogP contribution in [0.2, 0.25) is 0 Å². The lowest BCUT2D eigenvalue weighted by Gasteiger charge is -2.08. The quantitative estimate of drug-likeness (QED) is 0.594. The van der Waals surface area contributed by atoms with Gasteiger partial charge in [-0.15, -0.1) is 0 Å². The predicted octanol–water partition coefficient (Wildman–Crippen LogP) is 3.66. The largest absolute Gasteiger partial charge is 0.462 e. The maximum Gasteiger partial charge on any atom is 0.338 e. The number of esters is 1. The van der Waals surface area contributed by atoms with Crippen molar-refractivity contribution in [1.29, 1.82) is 0 Å². The van der Waals surface area contributed by atoms with Crippen molar-refractivity contribution in [2.24, 2.45) is 0 Å². The van der Waals surface area contributed by atoms with E-state index in [1.54, 1.807) is 43.3 Å². The molecule has 1 amide bonds. The van der Waals surface area contributed by atoms with Gasteiger partial charge in [0, 0.05) is 12.2 Å². The van der Waals surface area contributed by atoms with Crippen molar-refractivity contribution in [3.63, 3.8) is 0 Å². The van der Waals surface area contributed by atoms with E-state index in [9.17, 15) is 14.0 Å². The van der Waals surface area contributed by atoms with Gasteiger partial charge in [0.15, 0.2) is 0 Å². The Morgan fingerprint density at radius 2 is 1.72 bits per heavy atom. The summed E-state index contributed by atoms with van der Waals surface area (Å²) in [6.45, 7) is 2.48. The van der Waals surface area contributed by atoms with Gasteiger partial charge in [-0.1, -0.05) is 12.1 Å². The number of rotatable bonds is 7. The van der Waals surface area contributed by atoms with Crippen molar-refractivity contribution in [2.45, 2.75) is 13.5 Å². The number of benzene rings is 2. The van der Waals surface area contributed by atoms with E-state index in [0.717, 1.165) is 5.56 Å². The lowest BCUT2D eigenvalue weighted by Crippen LogP contribution is -2.14. The number of ether oxygens (including phenoxy) is 1. The Labute approximate surface area is 167 Å². The van der Waals surface area contributed by atoms with Crippen LogP contribution >= 0.6 is 0 Å². The summed E-state index contributed by atoms with van der Waals surface area (Å²) in [6, 6.07) is 12.5. The van der Waals surface area contributed by atoms with Gasteiger partial charge >= 0.3 is 5.97 Å². The molecule has 8 heteroatoms. The molecule has 0 fully saturated rings. The Balaban J connectivity index is 1.55.